The Morgan fingerprint density at radius 3 is 2.70 bits per heavy atom. The normalized spacial score (nSPS) is 10.9. The van der Waals surface area contributed by atoms with Crippen LogP contribution in [-0.4, -0.2) is 42.0 Å². The molecule has 33 heavy (non-hydrogen) atoms. The Balaban J connectivity index is 1.52. The summed E-state index contributed by atoms with van der Waals surface area (Å²) < 4.78 is 10.7. The molecule has 2 N–H and O–H groups in total. The van der Waals surface area contributed by atoms with Crippen molar-refractivity contribution >= 4 is 28.9 Å². The van der Waals surface area contributed by atoms with Crippen LogP contribution in [0.4, 0.5) is 0 Å². The SMILES string of the molecule is COc1ccc2ccccc2c1-c1cc(C(=O)NN=Cc2ccccc2OCC(=O)[O-])[nH]n1. The summed E-state index contributed by atoms with van der Waals surface area (Å²) in [5.41, 5.74) is 4.44. The van der Waals surface area contributed by atoms with Crippen molar-refractivity contribution in [2.75, 3.05) is 13.7 Å². The van der Waals surface area contributed by atoms with E-state index in [2.05, 4.69) is 20.7 Å². The van der Waals surface area contributed by atoms with Crippen LogP contribution in [0.15, 0.2) is 71.8 Å². The lowest BCUT2D eigenvalue weighted by Gasteiger charge is -2.09. The van der Waals surface area contributed by atoms with Crippen molar-refractivity contribution in [3.8, 4) is 22.8 Å². The molecule has 4 aromatic rings. The quantitative estimate of drug-likeness (QED) is 0.317. The molecule has 0 saturated carbocycles. The van der Waals surface area contributed by atoms with E-state index in [0.717, 1.165) is 16.3 Å². The van der Waals surface area contributed by atoms with E-state index in [1.165, 1.54) is 6.21 Å². The fraction of sp³-hybridized carbons (Fsp3) is 0.0833. The van der Waals surface area contributed by atoms with Crippen molar-refractivity contribution < 1.29 is 24.2 Å². The molecule has 0 radical (unpaired) electrons. The lowest BCUT2D eigenvalue weighted by Crippen LogP contribution is -2.29. The number of fused-ring (bicyclic) bond motifs is 1. The third-order valence-electron chi connectivity index (χ3n) is 4.82. The zero-order valence-corrected chi connectivity index (χ0v) is 17.6. The number of carboxylic acids is 1. The number of hydrazone groups is 1. The van der Waals surface area contributed by atoms with Gasteiger partial charge in [-0.15, -0.1) is 0 Å². The first-order chi connectivity index (χ1) is 16.1. The molecule has 1 heterocycles. The molecule has 0 atom stereocenters. The van der Waals surface area contributed by atoms with Crippen molar-refractivity contribution in [3.05, 3.63) is 78.0 Å². The monoisotopic (exact) mass is 443 g/mol. The number of nitrogens with zero attached hydrogens (tertiary/aromatic N) is 2. The van der Waals surface area contributed by atoms with Crippen molar-refractivity contribution in [1.29, 1.82) is 0 Å². The molecule has 0 bridgehead atoms. The molecular weight excluding hydrogens is 424 g/mol. The minimum atomic E-state index is -1.34. The summed E-state index contributed by atoms with van der Waals surface area (Å²) in [5.74, 6) is -0.907. The van der Waals surface area contributed by atoms with Gasteiger partial charge in [0.15, 0.2) is 0 Å². The number of carbonyl (C=O) groups excluding carboxylic acids is 2. The van der Waals surface area contributed by atoms with Gasteiger partial charge in [-0.3, -0.25) is 9.89 Å². The maximum atomic E-state index is 12.6. The van der Waals surface area contributed by atoms with Gasteiger partial charge in [-0.05, 0) is 35.0 Å². The lowest BCUT2D eigenvalue weighted by molar-refractivity contribution is -0.307. The molecule has 0 aliphatic rings. The highest BCUT2D eigenvalue weighted by atomic mass is 16.5. The average Bonchev–Trinajstić information content (AvgIpc) is 3.32. The summed E-state index contributed by atoms with van der Waals surface area (Å²) in [5, 5.41) is 23.5. The fourth-order valence-electron chi connectivity index (χ4n) is 3.33. The van der Waals surface area contributed by atoms with Crippen LogP contribution in [0.3, 0.4) is 0 Å². The van der Waals surface area contributed by atoms with Gasteiger partial charge in [0.25, 0.3) is 5.91 Å². The summed E-state index contributed by atoms with van der Waals surface area (Å²) in [6.45, 7) is -0.592. The van der Waals surface area contributed by atoms with E-state index < -0.39 is 18.5 Å². The predicted molar refractivity (Wildman–Crippen MR) is 120 cm³/mol. The van der Waals surface area contributed by atoms with E-state index in [1.807, 2.05) is 36.4 Å². The van der Waals surface area contributed by atoms with Crippen molar-refractivity contribution in [1.82, 2.24) is 15.6 Å². The Labute approximate surface area is 188 Å². The molecule has 0 fully saturated rings. The smallest absolute Gasteiger partial charge is 0.289 e. The summed E-state index contributed by atoms with van der Waals surface area (Å²) in [4.78, 5) is 23.2. The fourth-order valence-corrected chi connectivity index (χ4v) is 3.33. The zero-order valence-electron chi connectivity index (χ0n) is 17.6. The molecule has 1 amide bonds. The minimum absolute atomic E-state index is 0.207. The number of carboxylic acid groups (broad SMARTS) is 1. The standard InChI is InChI=1S/C24H20N4O5/c1-32-21-11-10-15-6-2-4-8-17(15)23(21)18-12-19(27-26-18)24(31)28-25-13-16-7-3-5-9-20(16)33-14-22(29)30/h2-13H,14H2,1H3,(H,26,27)(H,28,31)(H,29,30)/p-1. The molecule has 166 valence electrons. The summed E-state index contributed by atoms with van der Waals surface area (Å²) in [7, 11) is 1.58. The number of hydrogen-bond acceptors (Lipinski definition) is 7. The molecule has 4 rings (SSSR count). The van der Waals surface area contributed by atoms with Gasteiger partial charge in [0.05, 0.1) is 30.6 Å². The number of rotatable bonds is 8. The highest BCUT2D eigenvalue weighted by Crippen LogP contribution is 2.36. The second kappa shape index (κ2) is 9.65. The van der Waals surface area contributed by atoms with Crippen LogP contribution in [0.1, 0.15) is 16.1 Å². The highest BCUT2D eigenvalue weighted by molar-refractivity contribution is 6.00. The van der Waals surface area contributed by atoms with Gasteiger partial charge in [-0.2, -0.15) is 10.2 Å². The number of methoxy groups -OCH3 is 1. The maximum Gasteiger partial charge on any atom is 0.289 e. The van der Waals surface area contributed by atoms with E-state index in [1.54, 1.807) is 37.4 Å². The van der Waals surface area contributed by atoms with Gasteiger partial charge in [0.2, 0.25) is 0 Å². The topological polar surface area (TPSA) is 129 Å². The Bertz CT molecular complexity index is 1350. The van der Waals surface area contributed by atoms with Crippen molar-refractivity contribution in [2.45, 2.75) is 0 Å². The minimum Gasteiger partial charge on any atom is -0.546 e. The molecule has 0 saturated heterocycles. The van der Waals surface area contributed by atoms with Gasteiger partial charge in [-0.1, -0.05) is 42.5 Å². The van der Waals surface area contributed by atoms with Crippen molar-refractivity contribution in [3.63, 3.8) is 0 Å². The van der Waals surface area contributed by atoms with Gasteiger partial charge in [0.1, 0.15) is 23.8 Å². The van der Waals surface area contributed by atoms with E-state index in [9.17, 15) is 14.7 Å². The Hall–Kier alpha value is -4.66. The number of ether oxygens (including phenoxy) is 2. The molecule has 0 spiro atoms. The molecular formula is C24H19N4O5-. The second-order valence-electron chi connectivity index (χ2n) is 6.93. The van der Waals surface area contributed by atoms with Crippen LogP contribution in [0.5, 0.6) is 11.5 Å². The first kappa shape index (κ1) is 21.6. The van der Waals surface area contributed by atoms with E-state index >= 15 is 0 Å². The average molecular weight is 443 g/mol. The summed E-state index contributed by atoms with van der Waals surface area (Å²) >= 11 is 0. The number of nitrogens with one attached hydrogen (secondary N) is 2. The lowest BCUT2D eigenvalue weighted by atomic mass is 10.0. The highest BCUT2D eigenvalue weighted by Gasteiger charge is 2.16. The first-order valence-corrected chi connectivity index (χ1v) is 9.93. The largest absolute Gasteiger partial charge is 0.546 e. The molecule has 0 aliphatic carbocycles. The van der Waals surface area contributed by atoms with Crippen LogP contribution >= 0.6 is 0 Å². The van der Waals surface area contributed by atoms with Crippen LogP contribution in [0.2, 0.25) is 0 Å². The van der Waals surface area contributed by atoms with Crippen LogP contribution in [-0.2, 0) is 4.79 Å². The number of aliphatic carboxylic acids is 1. The third-order valence-corrected chi connectivity index (χ3v) is 4.82. The van der Waals surface area contributed by atoms with E-state index in [0.29, 0.717) is 22.8 Å². The van der Waals surface area contributed by atoms with Gasteiger partial charge in [-0.25, -0.2) is 5.43 Å². The number of carbonyl (C=O) groups is 2. The number of aromatic amines is 1. The number of para-hydroxylation sites is 1. The molecule has 9 nitrogen and oxygen atoms in total. The Morgan fingerprint density at radius 1 is 1.09 bits per heavy atom. The first-order valence-electron chi connectivity index (χ1n) is 9.93. The van der Waals surface area contributed by atoms with Gasteiger partial charge in [0, 0.05) is 5.56 Å². The second-order valence-corrected chi connectivity index (χ2v) is 6.93. The van der Waals surface area contributed by atoms with Crippen molar-refractivity contribution in [2.24, 2.45) is 5.10 Å². The predicted octanol–water partition coefficient (Wildman–Crippen LogP) is 2.13. The van der Waals surface area contributed by atoms with Crippen LogP contribution in [0, 0.1) is 0 Å². The number of hydrogen-bond donors (Lipinski definition) is 2. The van der Waals surface area contributed by atoms with E-state index in [-0.39, 0.29) is 5.69 Å². The summed E-state index contributed by atoms with van der Waals surface area (Å²) in [6.07, 6.45) is 1.35. The van der Waals surface area contributed by atoms with Gasteiger partial charge >= 0.3 is 0 Å². The number of aromatic nitrogens is 2. The van der Waals surface area contributed by atoms with E-state index in [4.69, 9.17) is 9.47 Å². The maximum absolute atomic E-state index is 12.6. The van der Waals surface area contributed by atoms with Crippen LogP contribution < -0.4 is 20.0 Å². The Morgan fingerprint density at radius 2 is 1.88 bits per heavy atom. The number of H-pyrrole nitrogens is 1. The molecule has 0 aliphatic heterocycles. The summed E-state index contributed by atoms with van der Waals surface area (Å²) in [6, 6.07) is 19.9. The Kier molecular flexibility index (Phi) is 6.31. The molecule has 1 aromatic heterocycles. The molecule has 0 unspecified atom stereocenters. The van der Waals surface area contributed by atoms with Crippen LogP contribution in [0.25, 0.3) is 22.0 Å². The number of benzene rings is 3. The molecule has 3 aromatic carbocycles. The number of amides is 1. The molecule has 9 heteroatoms. The van der Waals surface area contributed by atoms with Gasteiger partial charge < -0.3 is 19.4 Å². The third kappa shape index (κ3) is 4.82. The zero-order chi connectivity index (χ0) is 23.2.